The molecule has 170 valence electrons. The average Bonchev–Trinajstić information content (AvgIpc) is 2.54. The molecule has 0 aromatic rings. The largest absolute Gasteiger partial charge is 0.870 e. The summed E-state index contributed by atoms with van der Waals surface area (Å²) in [5, 5.41) is 0. The Hall–Kier alpha value is -0.160. The summed E-state index contributed by atoms with van der Waals surface area (Å²) < 4.78 is 1.12. The van der Waals surface area contributed by atoms with Crippen LogP contribution in [0.5, 0.6) is 0 Å². The number of quaternary nitrogens is 1. The van der Waals surface area contributed by atoms with Gasteiger partial charge in [-0.25, -0.2) is 0 Å². The highest BCUT2D eigenvalue weighted by Crippen LogP contribution is 2.13. The molecule has 0 spiro atoms. The van der Waals surface area contributed by atoms with Crippen LogP contribution in [0.2, 0.25) is 0 Å². The molecule has 27 heavy (non-hydrogen) atoms. The van der Waals surface area contributed by atoms with Gasteiger partial charge in [-0.3, -0.25) is 0 Å². The molecule has 0 heterocycles. The number of hydrogen-bond donors (Lipinski definition) is 0. The van der Waals surface area contributed by atoms with Crippen LogP contribution in [0, 0.1) is 0 Å². The van der Waals surface area contributed by atoms with E-state index in [0.29, 0.717) is 0 Å². The van der Waals surface area contributed by atoms with Crippen molar-refractivity contribution >= 4 is 0 Å². The van der Waals surface area contributed by atoms with Gasteiger partial charge in [-0.1, -0.05) is 90.9 Å². The smallest absolute Gasteiger partial charge is 0.0780 e. The Morgan fingerprint density at radius 2 is 0.815 bits per heavy atom. The summed E-state index contributed by atoms with van der Waals surface area (Å²) in [6, 6.07) is 0. The standard InChI is InChI=1S/C19H42N.C4H11N.2H2O/c1-5-6-7-8-9-10-11-12-13-14-15-16-17-18-19-20(2,3)4;1-4-5(2)3;;/h5-19H2,1-4H3;4H2,1-3H3;2*1H2/q+1;;;/p-1. The molecule has 0 aromatic heterocycles. The molecule has 0 aliphatic heterocycles. The van der Waals surface area contributed by atoms with Gasteiger partial charge in [0.05, 0.1) is 27.7 Å². The van der Waals surface area contributed by atoms with Gasteiger partial charge in [0.2, 0.25) is 0 Å². The van der Waals surface area contributed by atoms with E-state index in [1.54, 1.807) is 0 Å². The van der Waals surface area contributed by atoms with Crippen LogP contribution in [-0.2, 0) is 0 Å². The van der Waals surface area contributed by atoms with Gasteiger partial charge >= 0.3 is 0 Å². The quantitative estimate of drug-likeness (QED) is 0.248. The highest BCUT2D eigenvalue weighted by Gasteiger charge is 2.04. The van der Waals surface area contributed by atoms with Crippen molar-refractivity contribution in [2.24, 2.45) is 0 Å². The van der Waals surface area contributed by atoms with Crippen LogP contribution in [0.15, 0.2) is 0 Å². The number of rotatable bonds is 16. The summed E-state index contributed by atoms with van der Waals surface area (Å²) in [6.07, 6.45) is 20.4. The minimum atomic E-state index is 0. The lowest BCUT2D eigenvalue weighted by atomic mass is 10.0. The van der Waals surface area contributed by atoms with Crippen molar-refractivity contribution in [1.82, 2.24) is 4.90 Å². The molecule has 4 heteroatoms. The maximum atomic E-state index is 2.29. The molecule has 0 amide bonds. The zero-order valence-electron chi connectivity index (χ0n) is 20.2. The second kappa shape index (κ2) is 25.8. The van der Waals surface area contributed by atoms with Crippen LogP contribution in [0.1, 0.15) is 104 Å². The highest BCUT2D eigenvalue weighted by molar-refractivity contribution is 4.49. The Kier molecular flexibility index (Phi) is 32.9. The fraction of sp³-hybridized carbons (Fsp3) is 1.00. The number of unbranched alkanes of at least 4 members (excludes halogenated alkanes) is 13. The molecule has 0 radical (unpaired) electrons. The normalized spacial score (nSPS) is 10.7. The third-order valence-electron chi connectivity index (χ3n) is 4.81. The van der Waals surface area contributed by atoms with Crippen molar-refractivity contribution in [1.29, 1.82) is 0 Å². The Bertz CT molecular complexity index is 241. The van der Waals surface area contributed by atoms with Crippen molar-refractivity contribution in [3.8, 4) is 0 Å². The fourth-order valence-electron chi connectivity index (χ4n) is 2.78. The molecular weight excluding hydrogens is 336 g/mol. The SMILES string of the molecule is CCCCCCCCCCCCCCCC[N+](C)(C)C.CCN(C)C.O.[OH-]. The van der Waals surface area contributed by atoms with Gasteiger partial charge in [0.25, 0.3) is 0 Å². The molecular formula is C23H56N2O2. The van der Waals surface area contributed by atoms with Crippen LogP contribution in [0.3, 0.4) is 0 Å². The van der Waals surface area contributed by atoms with E-state index in [0.717, 1.165) is 11.0 Å². The first-order valence-electron chi connectivity index (χ1n) is 11.3. The van der Waals surface area contributed by atoms with Gasteiger partial charge in [0, 0.05) is 0 Å². The van der Waals surface area contributed by atoms with E-state index in [1.807, 2.05) is 0 Å². The first-order valence-corrected chi connectivity index (χ1v) is 11.3. The zero-order valence-corrected chi connectivity index (χ0v) is 20.2. The van der Waals surface area contributed by atoms with Crippen molar-refractivity contribution in [3.05, 3.63) is 0 Å². The predicted molar refractivity (Wildman–Crippen MR) is 123 cm³/mol. The molecule has 4 nitrogen and oxygen atoms in total. The van der Waals surface area contributed by atoms with E-state index in [2.05, 4.69) is 54.0 Å². The van der Waals surface area contributed by atoms with Gasteiger partial charge in [0.15, 0.2) is 0 Å². The van der Waals surface area contributed by atoms with Gasteiger partial charge in [-0.15, -0.1) is 0 Å². The van der Waals surface area contributed by atoms with E-state index in [-0.39, 0.29) is 11.0 Å². The second-order valence-electron chi connectivity index (χ2n) is 9.01. The van der Waals surface area contributed by atoms with E-state index < -0.39 is 0 Å². The van der Waals surface area contributed by atoms with Crippen LogP contribution in [-0.4, -0.2) is 68.7 Å². The number of nitrogens with zero attached hydrogens (tertiary/aromatic N) is 2. The van der Waals surface area contributed by atoms with E-state index in [4.69, 9.17) is 0 Å². The van der Waals surface area contributed by atoms with Gasteiger partial charge < -0.3 is 20.3 Å². The van der Waals surface area contributed by atoms with E-state index in [9.17, 15) is 0 Å². The summed E-state index contributed by atoms with van der Waals surface area (Å²) in [7, 11) is 11.0. The van der Waals surface area contributed by atoms with Crippen LogP contribution in [0.4, 0.5) is 0 Å². The third kappa shape index (κ3) is 41.4. The molecule has 0 saturated carbocycles. The molecule has 0 fully saturated rings. The van der Waals surface area contributed by atoms with Crippen molar-refractivity contribution in [2.75, 3.05) is 48.3 Å². The summed E-state index contributed by atoms with van der Waals surface area (Å²) in [5.74, 6) is 0. The fourth-order valence-corrected chi connectivity index (χ4v) is 2.78. The van der Waals surface area contributed by atoms with Crippen molar-refractivity contribution in [3.63, 3.8) is 0 Å². The molecule has 0 bridgehead atoms. The molecule has 0 unspecified atom stereocenters. The molecule has 0 saturated heterocycles. The topological polar surface area (TPSA) is 64.7 Å². The average molecular weight is 393 g/mol. The predicted octanol–water partition coefficient (Wildman–Crippen LogP) is 5.74. The Labute approximate surface area is 172 Å². The monoisotopic (exact) mass is 392 g/mol. The van der Waals surface area contributed by atoms with E-state index >= 15 is 0 Å². The highest BCUT2D eigenvalue weighted by atomic mass is 16.0. The summed E-state index contributed by atoms with van der Waals surface area (Å²) in [4.78, 5) is 2.12. The molecule has 0 aromatic carbocycles. The maximum Gasteiger partial charge on any atom is 0.0780 e. The molecule has 0 rings (SSSR count). The minimum Gasteiger partial charge on any atom is -0.870 e. The van der Waals surface area contributed by atoms with Crippen LogP contribution < -0.4 is 0 Å². The molecule has 0 atom stereocenters. The second-order valence-corrected chi connectivity index (χ2v) is 9.01. The van der Waals surface area contributed by atoms with Gasteiger partial charge in [-0.2, -0.15) is 0 Å². The van der Waals surface area contributed by atoms with Crippen LogP contribution >= 0.6 is 0 Å². The lowest BCUT2D eigenvalue weighted by Crippen LogP contribution is -2.35. The van der Waals surface area contributed by atoms with Crippen LogP contribution in [0.25, 0.3) is 0 Å². The first kappa shape index (κ1) is 34.4. The first-order chi connectivity index (χ1) is 11.8. The molecule has 3 N–H and O–H groups in total. The zero-order chi connectivity index (χ0) is 19.4. The van der Waals surface area contributed by atoms with Crippen molar-refractivity contribution in [2.45, 2.75) is 104 Å². The Balaban J connectivity index is -0.000000333. The molecule has 0 aliphatic carbocycles. The minimum absolute atomic E-state index is 0. The van der Waals surface area contributed by atoms with Gasteiger partial charge in [0.1, 0.15) is 0 Å². The summed E-state index contributed by atoms with van der Waals surface area (Å²) in [6.45, 7) is 6.89. The third-order valence-corrected chi connectivity index (χ3v) is 4.81. The van der Waals surface area contributed by atoms with Gasteiger partial charge in [-0.05, 0) is 33.5 Å². The lowest BCUT2D eigenvalue weighted by Gasteiger charge is -2.23. The van der Waals surface area contributed by atoms with Crippen molar-refractivity contribution < 1.29 is 15.4 Å². The Morgan fingerprint density at radius 3 is 1.04 bits per heavy atom. The van der Waals surface area contributed by atoms with E-state index in [1.165, 1.54) is 96.4 Å². The molecule has 0 aliphatic rings. The summed E-state index contributed by atoms with van der Waals surface area (Å²) >= 11 is 0. The number of hydrogen-bond acceptors (Lipinski definition) is 2. The lowest BCUT2D eigenvalue weighted by molar-refractivity contribution is -0.870. The Morgan fingerprint density at radius 1 is 0.556 bits per heavy atom. The summed E-state index contributed by atoms with van der Waals surface area (Å²) in [5.41, 5.74) is 0. The maximum absolute atomic E-state index is 2.29.